The van der Waals surface area contributed by atoms with Crippen molar-refractivity contribution in [2.45, 2.75) is 31.1 Å². The molecule has 0 saturated heterocycles. The molecule has 1 aromatic rings. The van der Waals surface area contributed by atoms with E-state index < -0.39 is 0 Å². The van der Waals surface area contributed by atoms with Crippen molar-refractivity contribution >= 4 is 18.0 Å². The Hall–Kier alpha value is -0.770. The Morgan fingerprint density at radius 2 is 2.36 bits per heavy atom. The van der Waals surface area contributed by atoms with Crippen molar-refractivity contribution in [3.8, 4) is 0 Å². The fourth-order valence-corrected chi connectivity index (χ4v) is 3.01. The number of nitrogens with zero attached hydrogens (tertiary/aromatic N) is 2. The van der Waals surface area contributed by atoms with E-state index in [9.17, 15) is 4.79 Å². The van der Waals surface area contributed by atoms with Gasteiger partial charge in [-0.15, -0.1) is 0 Å². The van der Waals surface area contributed by atoms with E-state index >= 15 is 0 Å². The van der Waals surface area contributed by atoms with Gasteiger partial charge in [0.25, 0.3) is 0 Å². The fourth-order valence-electron chi connectivity index (χ4n) is 2.00. The van der Waals surface area contributed by atoms with Crippen molar-refractivity contribution in [2.24, 2.45) is 0 Å². The third kappa shape index (κ3) is 1.21. The summed E-state index contributed by atoms with van der Waals surface area (Å²) in [6.07, 6.45) is 4.46. The average Bonchev–Trinajstić information content (AvgIpc) is 3.00. The van der Waals surface area contributed by atoms with Crippen LogP contribution in [0, 0.1) is 0 Å². The third-order valence-corrected chi connectivity index (χ3v) is 3.87. The maximum absolute atomic E-state index is 10.8. The number of carbonyl (C=O) groups excluding carboxylic acids is 1. The number of aromatic nitrogens is 2. The molecular formula is C10H12N2OS. The van der Waals surface area contributed by atoms with Gasteiger partial charge >= 0.3 is 0 Å². The zero-order valence-corrected chi connectivity index (χ0v) is 8.72. The lowest BCUT2D eigenvalue weighted by molar-refractivity contribution is 0.111. The minimum atomic E-state index is 0.598. The van der Waals surface area contributed by atoms with E-state index in [2.05, 4.69) is 9.78 Å². The lowest BCUT2D eigenvalue weighted by atomic mass is 10.1. The van der Waals surface area contributed by atoms with E-state index in [1.54, 1.807) is 0 Å². The Morgan fingerprint density at radius 1 is 1.50 bits per heavy atom. The number of carbonyl (C=O) groups is 1. The SMILES string of the molecule is O=Cc1nn(C2CC2)c2c1CSCC2. The van der Waals surface area contributed by atoms with Crippen LogP contribution in [0.4, 0.5) is 0 Å². The highest BCUT2D eigenvalue weighted by atomic mass is 32.2. The number of hydrogen-bond acceptors (Lipinski definition) is 3. The zero-order chi connectivity index (χ0) is 9.54. The Balaban J connectivity index is 2.11. The third-order valence-electron chi connectivity index (χ3n) is 2.88. The van der Waals surface area contributed by atoms with Crippen molar-refractivity contribution in [3.63, 3.8) is 0 Å². The second kappa shape index (κ2) is 3.12. The van der Waals surface area contributed by atoms with E-state index in [-0.39, 0.29) is 0 Å². The first-order valence-electron chi connectivity index (χ1n) is 5.03. The molecule has 0 spiro atoms. The highest BCUT2D eigenvalue weighted by Crippen LogP contribution is 2.38. The molecule has 0 radical (unpaired) electrons. The molecule has 2 aliphatic rings. The van der Waals surface area contributed by atoms with Crippen LogP contribution in [0.25, 0.3) is 0 Å². The van der Waals surface area contributed by atoms with Crippen LogP contribution in [-0.2, 0) is 12.2 Å². The zero-order valence-electron chi connectivity index (χ0n) is 7.90. The highest BCUT2D eigenvalue weighted by molar-refractivity contribution is 7.98. The Morgan fingerprint density at radius 3 is 3.07 bits per heavy atom. The summed E-state index contributed by atoms with van der Waals surface area (Å²) < 4.78 is 2.11. The molecule has 1 aliphatic heterocycles. The van der Waals surface area contributed by atoms with Crippen LogP contribution in [0.3, 0.4) is 0 Å². The number of thioether (sulfide) groups is 1. The second-order valence-corrected chi connectivity index (χ2v) is 5.01. The smallest absolute Gasteiger partial charge is 0.170 e. The lowest BCUT2D eigenvalue weighted by Gasteiger charge is -2.13. The van der Waals surface area contributed by atoms with Crippen LogP contribution in [-0.4, -0.2) is 21.8 Å². The summed E-state index contributed by atoms with van der Waals surface area (Å²) in [5, 5.41) is 4.41. The van der Waals surface area contributed by atoms with Gasteiger partial charge in [-0.3, -0.25) is 9.48 Å². The summed E-state index contributed by atoms with van der Waals surface area (Å²) in [6.45, 7) is 0. The van der Waals surface area contributed by atoms with Crippen molar-refractivity contribution in [1.82, 2.24) is 9.78 Å². The average molecular weight is 208 g/mol. The monoisotopic (exact) mass is 208 g/mol. The van der Waals surface area contributed by atoms with Gasteiger partial charge in [0.1, 0.15) is 5.69 Å². The van der Waals surface area contributed by atoms with Gasteiger partial charge < -0.3 is 0 Å². The molecule has 74 valence electrons. The van der Waals surface area contributed by atoms with Crippen molar-refractivity contribution in [2.75, 3.05) is 5.75 Å². The Kier molecular flexibility index (Phi) is 1.90. The molecule has 1 saturated carbocycles. The van der Waals surface area contributed by atoms with E-state index in [4.69, 9.17) is 0 Å². The number of hydrogen-bond donors (Lipinski definition) is 0. The quantitative estimate of drug-likeness (QED) is 0.695. The molecule has 1 aliphatic carbocycles. The summed E-state index contributed by atoms with van der Waals surface area (Å²) in [5.74, 6) is 2.14. The maximum Gasteiger partial charge on any atom is 0.170 e. The molecule has 0 atom stereocenters. The molecule has 1 fully saturated rings. The minimum absolute atomic E-state index is 0.598. The van der Waals surface area contributed by atoms with Crippen molar-refractivity contribution in [1.29, 1.82) is 0 Å². The van der Waals surface area contributed by atoms with Crippen LogP contribution in [0.5, 0.6) is 0 Å². The molecule has 3 nitrogen and oxygen atoms in total. The van der Waals surface area contributed by atoms with Gasteiger partial charge in [0.2, 0.25) is 0 Å². The van der Waals surface area contributed by atoms with E-state index in [0.29, 0.717) is 11.7 Å². The first-order chi connectivity index (χ1) is 6.90. The topological polar surface area (TPSA) is 34.9 Å². The van der Waals surface area contributed by atoms with Crippen LogP contribution in [0.1, 0.15) is 40.6 Å². The van der Waals surface area contributed by atoms with Gasteiger partial charge in [-0.1, -0.05) is 0 Å². The Bertz CT molecular complexity index is 382. The van der Waals surface area contributed by atoms with Gasteiger partial charge in [0.15, 0.2) is 6.29 Å². The molecule has 0 bridgehead atoms. The Labute approximate surface area is 86.9 Å². The van der Waals surface area contributed by atoms with Gasteiger partial charge in [0, 0.05) is 17.0 Å². The van der Waals surface area contributed by atoms with E-state index in [1.165, 1.54) is 29.9 Å². The summed E-state index contributed by atoms with van der Waals surface area (Å²) in [6, 6.07) is 0.598. The van der Waals surface area contributed by atoms with Gasteiger partial charge in [0.05, 0.1) is 6.04 Å². The van der Waals surface area contributed by atoms with Crippen LogP contribution < -0.4 is 0 Å². The predicted molar refractivity (Wildman–Crippen MR) is 55.8 cm³/mol. The minimum Gasteiger partial charge on any atom is -0.296 e. The molecule has 3 rings (SSSR count). The molecule has 0 aromatic carbocycles. The van der Waals surface area contributed by atoms with Crippen molar-refractivity contribution in [3.05, 3.63) is 17.0 Å². The van der Waals surface area contributed by atoms with Crippen LogP contribution in [0.2, 0.25) is 0 Å². The molecule has 0 unspecified atom stereocenters. The van der Waals surface area contributed by atoms with Gasteiger partial charge in [-0.25, -0.2) is 0 Å². The maximum atomic E-state index is 10.8. The molecule has 4 heteroatoms. The lowest BCUT2D eigenvalue weighted by Crippen LogP contribution is -2.08. The highest BCUT2D eigenvalue weighted by Gasteiger charge is 2.30. The number of fused-ring (bicyclic) bond motifs is 1. The normalized spacial score (nSPS) is 20.6. The van der Waals surface area contributed by atoms with E-state index in [0.717, 1.165) is 18.5 Å². The fraction of sp³-hybridized carbons (Fsp3) is 0.600. The summed E-state index contributed by atoms with van der Waals surface area (Å²) >= 11 is 1.90. The standard InChI is InChI=1S/C10H12N2OS/c13-5-9-8-6-14-4-3-10(8)12(11-9)7-1-2-7/h5,7H,1-4,6H2. The molecular weight excluding hydrogens is 196 g/mol. The van der Waals surface area contributed by atoms with E-state index in [1.807, 2.05) is 11.8 Å². The van der Waals surface area contributed by atoms with Gasteiger partial charge in [-0.05, 0) is 25.0 Å². The molecule has 2 heterocycles. The van der Waals surface area contributed by atoms with Gasteiger partial charge in [-0.2, -0.15) is 16.9 Å². The molecule has 0 amide bonds. The summed E-state index contributed by atoms with van der Waals surface area (Å²) in [7, 11) is 0. The predicted octanol–water partition coefficient (Wildman–Crippen LogP) is 1.82. The summed E-state index contributed by atoms with van der Waals surface area (Å²) in [5.41, 5.74) is 3.20. The number of rotatable bonds is 2. The first kappa shape index (κ1) is 8.53. The summed E-state index contributed by atoms with van der Waals surface area (Å²) in [4.78, 5) is 10.8. The largest absolute Gasteiger partial charge is 0.296 e. The molecule has 14 heavy (non-hydrogen) atoms. The first-order valence-corrected chi connectivity index (χ1v) is 6.19. The van der Waals surface area contributed by atoms with Crippen LogP contribution in [0.15, 0.2) is 0 Å². The molecule has 0 N–H and O–H groups in total. The van der Waals surface area contributed by atoms with Crippen molar-refractivity contribution < 1.29 is 4.79 Å². The second-order valence-electron chi connectivity index (χ2n) is 3.91. The molecule has 1 aromatic heterocycles. The van der Waals surface area contributed by atoms with Crippen LogP contribution >= 0.6 is 11.8 Å². The number of aldehydes is 1.